The number of aryl methyl sites for hydroxylation is 2. The first-order chi connectivity index (χ1) is 15.6. The van der Waals surface area contributed by atoms with Gasteiger partial charge in [-0.2, -0.15) is 0 Å². The SMILES string of the molecule is CCc1cccc2sc(N(CCCn3ccnc3)C(=O)c3cc(OC)cc(OC)c3)nc12.Cl. The van der Waals surface area contributed by atoms with Crippen molar-refractivity contribution in [1.29, 1.82) is 0 Å². The minimum absolute atomic E-state index is 0. The van der Waals surface area contributed by atoms with Crippen LogP contribution < -0.4 is 14.4 Å². The number of rotatable bonds is 9. The summed E-state index contributed by atoms with van der Waals surface area (Å²) in [5, 5.41) is 0.693. The van der Waals surface area contributed by atoms with Crippen LogP contribution in [0.25, 0.3) is 10.2 Å². The van der Waals surface area contributed by atoms with E-state index >= 15 is 0 Å². The number of carbonyl (C=O) groups excluding carboxylic acids is 1. The lowest BCUT2D eigenvalue weighted by Gasteiger charge is -2.21. The van der Waals surface area contributed by atoms with E-state index in [1.165, 1.54) is 16.9 Å². The van der Waals surface area contributed by atoms with E-state index in [1.54, 1.807) is 49.8 Å². The van der Waals surface area contributed by atoms with E-state index < -0.39 is 0 Å². The van der Waals surface area contributed by atoms with Gasteiger partial charge < -0.3 is 14.0 Å². The lowest BCUT2D eigenvalue weighted by atomic mass is 10.1. The molecule has 0 spiro atoms. The van der Waals surface area contributed by atoms with Crippen molar-refractivity contribution in [3.63, 3.8) is 0 Å². The third-order valence-corrected chi connectivity index (χ3v) is 6.35. The number of hydrogen-bond acceptors (Lipinski definition) is 6. The number of halogens is 1. The van der Waals surface area contributed by atoms with E-state index in [4.69, 9.17) is 14.5 Å². The van der Waals surface area contributed by atoms with Crippen LogP contribution in [0.1, 0.15) is 29.3 Å². The van der Waals surface area contributed by atoms with Crippen molar-refractivity contribution in [3.8, 4) is 11.5 Å². The predicted molar refractivity (Wildman–Crippen MR) is 134 cm³/mol. The van der Waals surface area contributed by atoms with Gasteiger partial charge in [0.2, 0.25) is 0 Å². The van der Waals surface area contributed by atoms with Crippen LogP contribution in [0.2, 0.25) is 0 Å². The largest absolute Gasteiger partial charge is 0.497 e. The zero-order valence-corrected chi connectivity index (χ0v) is 20.5. The summed E-state index contributed by atoms with van der Waals surface area (Å²) in [6.45, 7) is 3.40. The average molecular weight is 487 g/mol. The molecule has 4 rings (SSSR count). The van der Waals surface area contributed by atoms with Gasteiger partial charge in [-0.15, -0.1) is 12.4 Å². The standard InChI is InChI=1S/C24H26N4O3S.ClH/c1-4-17-7-5-8-21-22(17)26-24(32-21)28(11-6-10-27-12-9-25-16-27)23(29)18-13-19(30-2)15-20(14-18)31-3;/h5,7-9,12-16H,4,6,10-11H2,1-3H3;1H. The highest BCUT2D eigenvalue weighted by molar-refractivity contribution is 7.22. The summed E-state index contributed by atoms with van der Waals surface area (Å²) < 4.78 is 13.8. The van der Waals surface area contributed by atoms with Crippen LogP contribution in [0.5, 0.6) is 11.5 Å². The molecule has 2 aromatic heterocycles. The van der Waals surface area contributed by atoms with Crippen molar-refractivity contribution in [1.82, 2.24) is 14.5 Å². The molecular formula is C24H27ClN4O3S. The average Bonchev–Trinajstić information content (AvgIpc) is 3.50. The number of anilines is 1. The third kappa shape index (κ3) is 5.46. The molecule has 0 atom stereocenters. The molecule has 2 heterocycles. The fraction of sp³-hybridized carbons (Fsp3) is 0.292. The van der Waals surface area contributed by atoms with Gasteiger partial charge >= 0.3 is 0 Å². The Kier molecular flexibility index (Phi) is 8.30. The van der Waals surface area contributed by atoms with E-state index in [-0.39, 0.29) is 18.3 Å². The molecule has 7 nitrogen and oxygen atoms in total. The lowest BCUT2D eigenvalue weighted by Crippen LogP contribution is -2.32. The number of hydrogen-bond donors (Lipinski definition) is 0. The number of fused-ring (bicyclic) bond motifs is 1. The number of aromatic nitrogens is 3. The van der Waals surface area contributed by atoms with Gasteiger partial charge in [0, 0.05) is 37.1 Å². The Bertz CT molecular complexity index is 1190. The third-order valence-electron chi connectivity index (χ3n) is 5.30. The van der Waals surface area contributed by atoms with Crippen molar-refractivity contribution in [2.45, 2.75) is 26.3 Å². The minimum Gasteiger partial charge on any atom is -0.497 e. The summed E-state index contributed by atoms with van der Waals surface area (Å²) in [6, 6.07) is 11.4. The molecule has 0 unspecified atom stereocenters. The summed E-state index contributed by atoms with van der Waals surface area (Å²) in [7, 11) is 3.15. The number of methoxy groups -OCH3 is 2. The van der Waals surface area contributed by atoms with Crippen LogP contribution >= 0.6 is 23.7 Å². The van der Waals surface area contributed by atoms with Gasteiger partial charge in [-0.1, -0.05) is 30.4 Å². The quantitative estimate of drug-likeness (QED) is 0.324. The number of benzene rings is 2. The number of para-hydroxylation sites is 1. The van der Waals surface area contributed by atoms with Crippen LogP contribution in [0.15, 0.2) is 55.1 Å². The highest BCUT2D eigenvalue weighted by Crippen LogP contribution is 2.33. The van der Waals surface area contributed by atoms with E-state index in [9.17, 15) is 4.79 Å². The fourth-order valence-electron chi connectivity index (χ4n) is 3.60. The molecule has 174 valence electrons. The maximum absolute atomic E-state index is 13.7. The molecule has 9 heteroatoms. The van der Waals surface area contributed by atoms with Gasteiger partial charge in [0.25, 0.3) is 5.91 Å². The maximum Gasteiger partial charge on any atom is 0.260 e. The second-order valence-corrected chi connectivity index (χ2v) is 8.34. The van der Waals surface area contributed by atoms with Crippen LogP contribution in [-0.4, -0.2) is 41.2 Å². The Morgan fingerprint density at radius 1 is 1.15 bits per heavy atom. The van der Waals surface area contributed by atoms with Crippen LogP contribution in [-0.2, 0) is 13.0 Å². The monoisotopic (exact) mass is 486 g/mol. The van der Waals surface area contributed by atoms with Gasteiger partial charge in [-0.25, -0.2) is 9.97 Å². The molecule has 0 radical (unpaired) electrons. The van der Waals surface area contributed by atoms with Crippen molar-refractivity contribution >= 4 is 45.0 Å². The van der Waals surface area contributed by atoms with Gasteiger partial charge in [-0.3, -0.25) is 9.69 Å². The second-order valence-electron chi connectivity index (χ2n) is 7.33. The highest BCUT2D eigenvalue weighted by Gasteiger charge is 2.23. The van der Waals surface area contributed by atoms with Crippen molar-refractivity contribution in [2.24, 2.45) is 0 Å². The smallest absolute Gasteiger partial charge is 0.260 e. The van der Waals surface area contributed by atoms with Crippen molar-refractivity contribution < 1.29 is 14.3 Å². The Balaban J connectivity index is 0.00000306. The Labute approximate surface area is 203 Å². The summed E-state index contributed by atoms with van der Waals surface area (Å²) >= 11 is 1.54. The maximum atomic E-state index is 13.7. The molecule has 0 saturated heterocycles. The Morgan fingerprint density at radius 2 is 1.91 bits per heavy atom. The first-order valence-corrected chi connectivity index (χ1v) is 11.3. The normalized spacial score (nSPS) is 10.6. The summed E-state index contributed by atoms with van der Waals surface area (Å²) in [6.07, 6.45) is 7.11. The molecule has 2 aromatic carbocycles. The summed E-state index contributed by atoms with van der Waals surface area (Å²) in [4.78, 5) is 24.4. The van der Waals surface area contributed by atoms with Gasteiger partial charge in [0.1, 0.15) is 11.5 Å². The van der Waals surface area contributed by atoms with Crippen molar-refractivity contribution in [2.75, 3.05) is 25.7 Å². The Hall–Kier alpha value is -3.10. The van der Waals surface area contributed by atoms with E-state index in [0.29, 0.717) is 28.7 Å². The molecule has 0 aliphatic heterocycles. The fourth-order valence-corrected chi connectivity index (χ4v) is 4.63. The molecule has 0 N–H and O–H groups in total. The topological polar surface area (TPSA) is 69.5 Å². The molecule has 4 aromatic rings. The molecule has 33 heavy (non-hydrogen) atoms. The number of carbonyl (C=O) groups is 1. The van der Waals surface area contributed by atoms with E-state index in [0.717, 1.165) is 29.6 Å². The molecule has 0 saturated carbocycles. The summed E-state index contributed by atoms with van der Waals surface area (Å²) in [5.74, 6) is 1.01. The number of nitrogens with zero attached hydrogens (tertiary/aromatic N) is 4. The van der Waals surface area contributed by atoms with Crippen molar-refractivity contribution in [3.05, 3.63) is 66.2 Å². The van der Waals surface area contributed by atoms with Gasteiger partial charge in [-0.05, 0) is 36.6 Å². The van der Waals surface area contributed by atoms with Crippen LogP contribution in [0.4, 0.5) is 5.13 Å². The number of amides is 1. The van der Waals surface area contributed by atoms with Gasteiger partial charge in [0.15, 0.2) is 5.13 Å². The molecule has 0 aliphatic carbocycles. The summed E-state index contributed by atoms with van der Waals surface area (Å²) in [5.41, 5.74) is 2.64. The van der Waals surface area contributed by atoms with E-state index in [1.807, 2.05) is 16.8 Å². The zero-order chi connectivity index (χ0) is 22.5. The zero-order valence-electron chi connectivity index (χ0n) is 18.9. The highest BCUT2D eigenvalue weighted by atomic mass is 35.5. The van der Waals surface area contributed by atoms with Crippen LogP contribution in [0, 0.1) is 0 Å². The first-order valence-electron chi connectivity index (χ1n) is 10.5. The number of imidazole rings is 1. The van der Waals surface area contributed by atoms with Gasteiger partial charge in [0.05, 0.1) is 30.8 Å². The lowest BCUT2D eigenvalue weighted by molar-refractivity contribution is 0.0985. The van der Waals surface area contributed by atoms with Crippen LogP contribution in [0.3, 0.4) is 0 Å². The number of thiazole rings is 1. The molecular weight excluding hydrogens is 460 g/mol. The predicted octanol–water partition coefficient (Wildman–Crippen LogP) is 5.23. The Morgan fingerprint density at radius 3 is 2.55 bits per heavy atom. The van der Waals surface area contributed by atoms with E-state index in [2.05, 4.69) is 24.0 Å². The molecule has 0 bridgehead atoms. The second kappa shape index (κ2) is 11.2. The minimum atomic E-state index is -0.134. The molecule has 1 amide bonds. The molecule has 0 fully saturated rings. The molecule has 0 aliphatic rings. The number of ether oxygens (including phenoxy) is 2. The first kappa shape index (κ1) is 24.5.